The summed E-state index contributed by atoms with van der Waals surface area (Å²) in [4.78, 5) is 29.4. The molecule has 2 N–H and O–H groups in total. The van der Waals surface area contributed by atoms with Gasteiger partial charge in [0.1, 0.15) is 11.9 Å². The molecule has 1 atom stereocenters. The number of hydrogen-bond donors (Lipinski definition) is 2. The van der Waals surface area contributed by atoms with Gasteiger partial charge in [0.05, 0.1) is 12.2 Å². The van der Waals surface area contributed by atoms with Crippen LogP contribution < -0.4 is 10.6 Å². The van der Waals surface area contributed by atoms with Gasteiger partial charge in [0.15, 0.2) is 0 Å². The highest BCUT2D eigenvalue weighted by molar-refractivity contribution is 6.04. The molecule has 0 aliphatic carbocycles. The Balaban J connectivity index is 2.10. The number of amides is 3. The zero-order valence-corrected chi connectivity index (χ0v) is 11.1. The number of imide groups is 1. The van der Waals surface area contributed by atoms with E-state index in [1.54, 1.807) is 13.1 Å². The number of nitrogens with one attached hydrogen (secondary N) is 2. The smallest absolute Gasteiger partial charge is 0.325 e. The van der Waals surface area contributed by atoms with Crippen LogP contribution in [-0.2, 0) is 11.3 Å². The van der Waals surface area contributed by atoms with Crippen molar-refractivity contribution in [3.05, 3.63) is 23.9 Å². The average molecular weight is 262 g/mol. The molecule has 2 rings (SSSR count). The molecule has 1 aromatic rings. The summed E-state index contributed by atoms with van der Waals surface area (Å²) in [6, 6.07) is 4.75. The highest BCUT2D eigenvalue weighted by atomic mass is 16.2. The largest absolute Gasteiger partial charge is 0.373 e. The molecule has 1 aromatic heterocycles. The third-order valence-electron chi connectivity index (χ3n) is 3.07. The van der Waals surface area contributed by atoms with E-state index in [4.69, 9.17) is 0 Å². The van der Waals surface area contributed by atoms with Crippen LogP contribution in [0.5, 0.6) is 0 Å². The van der Waals surface area contributed by atoms with Crippen LogP contribution in [0.2, 0.25) is 0 Å². The highest BCUT2D eigenvalue weighted by Gasteiger charge is 2.37. The van der Waals surface area contributed by atoms with Crippen LogP contribution in [0.1, 0.15) is 25.5 Å². The number of carbonyl (C=O) groups is 2. The van der Waals surface area contributed by atoms with Crippen molar-refractivity contribution in [1.29, 1.82) is 0 Å². The standard InChI is InChI=1S/C13H18N4O2/c1-3-5-10-12(18)17(13(19)16-10)8-9-6-4-7-11(14-2)15-9/h4,6-7,10H,3,5,8H2,1-2H3,(H,14,15)(H,16,19). The van der Waals surface area contributed by atoms with E-state index in [9.17, 15) is 9.59 Å². The third-order valence-corrected chi connectivity index (χ3v) is 3.07. The fraction of sp³-hybridized carbons (Fsp3) is 0.462. The van der Waals surface area contributed by atoms with Gasteiger partial charge in [0, 0.05) is 7.05 Å². The molecule has 0 radical (unpaired) electrons. The minimum atomic E-state index is -0.384. The van der Waals surface area contributed by atoms with Crippen LogP contribution in [0.3, 0.4) is 0 Å². The second-order valence-electron chi connectivity index (χ2n) is 4.48. The van der Waals surface area contributed by atoms with Crippen molar-refractivity contribution in [3.63, 3.8) is 0 Å². The van der Waals surface area contributed by atoms with Crippen LogP contribution in [0.4, 0.5) is 10.6 Å². The van der Waals surface area contributed by atoms with Crippen LogP contribution in [0.15, 0.2) is 18.2 Å². The summed E-state index contributed by atoms with van der Waals surface area (Å²) in [7, 11) is 1.77. The quantitative estimate of drug-likeness (QED) is 0.785. The Labute approximate surface area is 112 Å². The van der Waals surface area contributed by atoms with E-state index in [-0.39, 0.29) is 24.5 Å². The molecule has 1 aliphatic heterocycles. The first-order chi connectivity index (χ1) is 9.15. The molecule has 1 saturated heterocycles. The number of urea groups is 1. The molecule has 0 saturated carbocycles. The zero-order valence-electron chi connectivity index (χ0n) is 11.1. The number of aromatic nitrogens is 1. The lowest BCUT2D eigenvalue weighted by Gasteiger charge is -2.13. The molecular formula is C13H18N4O2. The van der Waals surface area contributed by atoms with Gasteiger partial charge in [0.25, 0.3) is 5.91 Å². The topological polar surface area (TPSA) is 74.3 Å². The van der Waals surface area contributed by atoms with Crippen molar-refractivity contribution in [1.82, 2.24) is 15.2 Å². The molecule has 3 amide bonds. The van der Waals surface area contributed by atoms with Crippen LogP contribution >= 0.6 is 0 Å². The zero-order chi connectivity index (χ0) is 13.8. The molecule has 1 aliphatic rings. The molecule has 1 fully saturated rings. The minimum Gasteiger partial charge on any atom is -0.373 e. The van der Waals surface area contributed by atoms with Gasteiger partial charge in [-0.1, -0.05) is 19.4 Å². The van der Waals surface area contributed by atoms with Crippen molar-refractivity contribution in [3.8, 4) is 0 Å². The van der Waals surface area contributed by atoms with Gasteiger partial charge in [-0.3, -0.25) is 9.69 Å². The van der Waals surface area contributed by atoms with E-state index < -0.39 is 0 Å². The molecule has 1 unspecified atom stereocenters. The molecule has 0 bridgehead atoms. The van der Waals surface area contributed by atoms with Crippen LogP contribution in [0, 0.1) is 0 Å². The predicted octanol–water partition coefficient (Wildman–Crippen LogP) is 1.34. The number of rotatable bonds is 5. The molecule has 0 aromatic carbocycles. The van der Waals surface area contributed by atoms with Crippen molar-refractivity contribution in [2.45, 2.75) is 32.4 Å². The van der Waals surface area contributed by atoms with E-state index in [1.165, 1.54) is 4.90 Å². The first-order valence-electron chi connectivity index (χ1n) is 6.41. The van der Waals surface area contributed by atoms with Gasteiger partial charge < -0.3 is 10.6 Å². The lowest BCUT2D eigenvalue weighted by atomic mass is 10.1. The maximum atomic E-state index is 12.1. The maximum Gasteiger partial charge on any atom is 0.325 e. The fourth-order valence-electron chi connectivity index (χ4n) is 2.08. The summed E-state index contributed by atoms with van der Waals surface area (Å²) < 4.78 is 0. The monoisotopic (exact) mass is 262 g/mol. The Morgan fingerprint density at radius 3 is 2.89 bits per heavy atom. The van der Waals surface area contributed by atoms with Crippen LogP contribution in [-0.4, -0.2) is 34.9 Å². The third kappa shape index (κ3) is 2.83. The molecule has 2 heterocycles. The summed E-state index contributed by atoms with van der Waals surface area (Å²) in [6.45, 7) is 2.19. The normalized spacial score (nSPS) is 18.6. The first-order valence-corrected chi connectivity index (χ1v) is 6.41. The van der Waals surface area contributed by atoms with Gasteiger partial charge >= 0.3 is 6.03 Å². The predicted molar refractivity (Wildman–Crippen MR) is 71.6 cm³/mol. The molecule has 0 spiro atoms. The van der Waals surface area contributed by atoms with Gasteiger partial charge in [-0.2, -0.15) is 0 Å². The summed E-state index contributed by atoms with van der Waals surface area (Å²) >= 11 is 0. The van der Waals surface area contributed by atoms with Crippen molar-refractivity contribution < 1.29 is 9.59 Å². The van der Waals surface area contributed by atoms with E-state index in [2.05, 4.69) is 15.6 Å². The highest BCUT2D eigenvalue weighted by Crippen LogP contribution is 2.14. The van der Waals surface area contributed by atoms with E-state index in [0.29, 0.717) is 12.1 Å². The summed E-state index contributed by atoms with van der Waals surface area (Å²) in [6.07, 6.45) is 1.53. The second-order valence-corrected chi connectivity index (χ2v) is 4.48. The Kier molecular flexibility index (Phi) is 3.99. The number of pyridine rings is 1. The van der Waals surface area contributed by atoms with Gasteiger partial charge in [-0.15, -0.1) is 0 Å². The lowest BCUT2D eigenvalue weighted by molar-refractivity contribution is -0.128. The summed E-state index contributed by atoms with van der Waals surface area (Å²) in [5.41, 5.74) is 0.687. The Morgan fingerprint density at radius 2 is 2.21 bits per heavy atom. The lowest BCUT2D eigenvalue weighted by Crippen LogP contribution is -2.31. The summed E-state index contributed by atoms with van der Waals surface area (Å²) in [5, 5.41) is 5.63. The first kappa shape index (κ1) is 13.3. The SMILES string of the molecule is CCCC1NC(=O)N(Cc2cccc(NC)n2)C1=O. The van der Waals surface area contributed by atoms with Crippen molar-refractivity contribution in [2.24, 2.45) is 0 Å². The van der Waals surface area contributed by atoms with Crippen molar-refractivity contribution in [2.75, 3.05) is 12.4 Å². The van der Waals surface area contributed by atoms with Crippen LogP contribution in [0.25, 0.3) is 0 Å². The molecule has 102 valence electrons. The minimum absolute atomic E-state index is 0.163. The summed E-state index contributed by atoms with van der Waals surface area (Å²) in [5.74, 6) is 0.554. The molecular weight excluding hydrogens is 244 g/mol. The molecule has 6 nitrogen and oxygen atoms in total. The molecule has 6 heteroatoms. The average Bonchev–Trinajstić information content (AvgIpc) is 2.67. The Hall–Kier alpha value is -2.11. The number of hydrogen-bond acceptors (Lipinski definition) is 4. The fourth-order valence-corrected chi connectivity index (χ4v) is 2.08. The number of anilines is 1. The Morgan fingerprint density at radius 1 is 1.42 bits per heavy atom. The van der Waals surface area contributed by atoms with E-state index in [1.807, 2.05) is 19.1 Å². The van der Waals surface area contributed by atoms with E-state index in [0.717, 1.165) is 12.2 Å². The van der Waals surface area contributed by atoms with Gasteiger partial charge in [-0.25, -0.2) is 9.78 Å². The van der Waals surface area contributed by atoms with Crippen molar-refractivity contribution >= 4 is 17.8 Å². The number of carbonyl (C=O) groups excluding carboxylic acids is 2. The Bertz CT molecular complexity index is 489. The van der Waals surface area contributed by atoms with E-state index >= 15 is 0 Å². The second kappa shape index (κ2) is 5.69. The maximum absolute atomic E-state index is 12.1. The van der Waals surface area contributed by atoms with Gasteiger partial charge in [0.2, 0.25) is 0 Å². The van der Waals surface area contributed by atoms with Gasteiger partial charge in [-0.05, 0) is 18.6 Å². The number of nitrogens with zero attached hydrogens (tertiary/aromatic N) is 2. The molecule has 19 heavy (non-hydrogen) atoms.